The lowest BCUT2D eigenvalue weighted by molar-refractivity contribution is -0.139. The third-order valence-corrected chi connectivity index (χ3v) is 5.51. The number of anilines is 1. The summed E-state index contributed by atoms with van der Waals surface area (Å²) in [5.74, 6) is -1.32. The number of carbonyl (C=O) groups excluding carboxylic acids is 1. The number of amides is 1. The van der Waals surface area contributed by atoms with E-state index in [-0.39, 0.29) is 17.0 Å². The molecule has 0 saturated carbocycles. The third-order valence-electron chi connectivity index (χ3n) is 5.51. The highest BCUT2D eigenvalue weighted by molar-refractivity contribution is 6.04. The van der Waals surface area contributed by atoms with Crippen molar-refractivity contribution in [3.63, 3.8) is 0 Å². The summed E-state index contributed by atoms with van der Waals surface area (Å²) < 4.78 is 90.5. The summed E-state index contributed by atoms with van der Waals surface area (Å²) in [6.07, 6.45) is -6.55. The number of alkyl halides is 6. The fourth-order valence-electron chi connectivity index (χ4n) is 3.89. The minimum Gasteiger partial charge on any atom is -0.496 e. The van der Waals surface area contributed by atoms with Gasteiger partial charge in [-0.2, -0.15) is 26.3 Å². The fourth-order valence-corrected chi connectivity index (χ4v) is 3.89. The van der Waals surface area contributed by atoms with E-state index >= 15 is 0 Å². The molecular formula is C23H18F6N2O3. The van der Waals surface area contributed by atoms with Crippen LogP contribution >= 0.6 is 0 Å². The zero-order chi connectivity index (χ0) is 24.7. The number of nitrogens with one attached hydrogen (secondary N) is 1. The first-order chi connectivity index (χ1) is 16.0. The minimum absolute atomic E-state index is 0.0616. The van der Waals surface area contributed by atoms with Gasteiger partial charge in [-0.1, -0.05) is 5.16 Å². The van der Waals surface area contributed by atoms with E-state index in [0.29, 0.717) is 36.2 Å². The Morgan fingerprint density at radius 1 is 1.00 bits per heavy atom. The number of hydrogen-bond donors (Lipinski definition) is 1. The number of fused-ring (bicyclic) bond motifs is 1. The van der Waals surface area contributed by atoms with Crippen molar-refractivity contribution in [2.45, 2.75) is 38.0 Å². The Morgan fingerprint density at radius 2 is 1.74 bits per heavy atom. The second kappa shape index (κ2) is 8.69. The lowest BCUT2D eigenvalue weighted by Crippen LogP contribution is -2.15. The molecule has 1 aliphatic carbocycles. The van der Waals surface area contributed by atoms with Crippen molar-refractivity contribution < 1.29 is 40.4 Å². The number of halogens is 6. The number of nitrogens with zero attached hydrogens (tertiary/aromatic N) is 1. The third kappa shape index (κ3) is 4.73. The highest BCUT2D eigenvalue weighted by Gasteiger charge is 2.35. The van der Waals surface area contributed by atoms with Crippen LogP contribution in [0.2, 0.25) is 0 Å². The second-order valence-electron chi connectivity index (χ2n) is 7.81. The van der Waals surface area contributed by atoms with Gasteiger partial charge in [0.25, 0.3) is 5.91 Å². The van der Waals surface area contributed by atoms with Gasteiger partial charge in [0.15, 0.2) is 5.76 Å². The second-order valence-corrected chi connectivity index (χ2v) is 7.81. The molecule has 1 N–H and O–H groups in total. The summed E-state index contributed by atoms with van der Waals surface area (Å²) >= 11 is 0. The zero-order valence-corrected chi connectivity index (χ0v) is 17.7. The molecule has 0 bridgehead atoms. The molecule has 0 aliphatic heterocycles. The summed E-state index contributed by atoms with van der Waals surface area (Å²) in [5.41, 5.74) is -1.42. The molecule has 0 fully saturated rings. The fraction of sp³-hybridized carbons (Fsp3) is 0.304. The Kier molecular flexibility index (Phi) is 6.05. The average Bonchev–Trinajstić information content (AvgIpc) is 3.21. The maximum Gasteiger partial charge on any atom is 0.419 e. The number of aryl methyl sites for hydroxylation is 1. The van der Waals surface area contributed by atoms with Gasteiger partial charge in [-0.05, 0) is 62.1 Å². The van der Waals surface area contributed by atoms with E-state index < -0.39 is 40.7 Å². The van der Waals surface area contributed by atoms with Gasteiger partial charge in [0.05, 0.1) is 23.9 Å². The molecule has 0 atom stereocenters. The van der Waals surface area contributed by atoms with Gasteiger partial charge in [-0.3, -0.25) is 4.79 Å². The number of methoxy groups -OCH3 is 1. The summed E-state index contributed by atoms with van der Waals surface area (Å²) in [7, 11) is 1.05. The average molecular weight is 484 g/mol. The van der Waals surface area contributed by atoms with Crippen LogP contribution in [0.3, 0.4) is 0 Å². The van der Waals surface area contributed by atoms with E-state index in [1.165, 1.54) is 6.07 Å². The summed E-state index contributed by atoms with van der Waals surface area (Å²) in [6, 6.07) is 5.51. The van der Waals surface area contributed by atoms with Crippen LogP contribution in [0.1, 0.15) is 45.6 Å². The van der Waals surface area contributed by atoms with Gasteiger partial charge >= 0.3 is 12.4 Å². The lowest BCUT2D eigenvalue weighted by atomic mass is 9.93. The first kappa shape index (κ1) is 23.7. The number of carbonyl (C=O) groups is 1. The Morgan fingerprint density at radius 3 is 2.41 bits per heavy atom. The van der Waals surface area contributed by atoms with Crippen molar-refractivity contribution in [2.75, 3.05) is 12.4 Å². The zero-order valence-electron chi connectivity index (χ0n) is 17.7. The summed E-state index contributed by atoms with van der Waals surface area (Å²) in [6.45, 7) is 0. The van der Waals surface area contributed by atoms with Crippen molar-refractivity contribution in [3.8, 4) is 17.1 Å². The molecule has 34 heavy (non-hydrogen) atoms. The van der Waals surface area contributed by atoms with Gasteiger partial charge in [0.2, 0.25) is 0 Å². The Hall–Kier alpha value is -3.50. The first-order valence-corrected chi connectivity index (χ1v) is 10.2. The molecule has 0 saturated heterocycles. The monoisotopic (exact) mass is 484 g/mol. The van der Waals surface area contributed by atoms with E-state index in [2.05, 4.69) is 15.2 Å². The highest BCUT2D eigenvalue weighted by Crippen LogP contribution is 2.39. The van der Waals surface area contributed by atoms with Crippen molar-refractivity contribution in [2.24, 2.45) is 0 Å². The van der Waals surface area contributed by atoms with Gasteiger partial charge < -0.3 is 14.6 Å². The van der Waals surface area contributed by atoms with Crippen LogP contribution < -0.4 is 10.1 Å². The summed E-state index contributed by atoms with van der Waals surface area (Å²) in [5, 5.41) is 6.21. The number of aromatic nitrogens is 1. The van der Waals surface area contributed by atoms with E-state index in [1.54, 1.807) is 0 Å². The van der Waals surface area contributed by atoms with Crippen molar-refractivity contribution in [1.29, 1.82) is 0 Å². The van der Waals surface area contributed by atoms with Gasteiger partial charge in [-0.25, -0.2) is 0 Å². The number of hydrogen-bond acceptors (Lipinski definition) is 4. The van der Waals surface area contributed by atoms with Gasteiger partial charge in [-0.15, -0.1) is 0 Å². The number of benzene rings is 2. The molecule has 3 aromatic rings. The van der Waals surface area contributed by atoms with Gasteiger partial charge in [0.1, 0.15) is 5.75 Å². The standard InChI is InChI=1S/C23H18F6N2O3/c1-33-19-7-6-12(10-17(19)23(27,28)29)21(32)30-15-9-13(8-14(11-15)22(24,25)26)20-16-4-2-3-5-18(16)31-34-20/h6-11H,2-5H2,1H3,(H,30,32). The van der Waals surface area contributed by atoms with Crippen molar-refractivity contribution in [1.82, 2.24) is 5.16 Å². The molecule has 0 radical (unpaired) electrons. The molecule has 180 valence electrons. The maximum absolute atomic E-state index is 13.6. The molecule has 0 unspecified atom stereocenters. The van der Waals surface area contributed by atoms with Crippen molar-refractivity contribution in [3.05, 3.63) is 64.3 Å². The molecule has 1 amide bonds. The predicted molar refractivity (Wildman–Crippen MR) is 110 cm³/mol. The molecule has 5 nitrogen and oxygen atoms in total. The Labute approximate surface area is 189 Å². The predicted octanol–water partition coefficient (Wildman–Crippen LogP) is 6.52. The molecule has 1 heterocycles. The van der Waals surface area contributed by atoms with Crippen LogP contribution in [-0.2, 0) is 25.2 Å². The van der Waals surface area contributed by atoms with Crippen LogP contribution in [0.25, 0.3) is 11.3 Å². The molecule has 11 heteroatoms. The van der Waals surface area contributed by atoms with Crippen molar-refractivity contribution >= 4 is 11.6 Å². The van der Waals surface area contributed by atoms with Crippen LogP contribution in [0.5, 0.6) is 5.75 Å². The molecule has 1 aliphatic rings. The number of ether oxygens (including phenoxy) is 1. The lowest BCUT2D eigenvalue weighted by Gasteiger charge is -2.15. The largest absolute Gasteiger partial charge is 0.496 e. The Bertz CT molecular complexity index is 1230. The molecular weight excluding hydrogens is 466 g/mol. The van der Waals surface area contributed by atoms with E-state index in [4.69, 9.17) is 4.52 Å². The SMILES string of the molecule is COc1ccc(C(=O)Nc2cc(-c3onc4c3CCCC4)cc(C(F)(F)F)c2)cc1C(F)(F)F. The number of rotatable bonds is 4. The van der Waals surface area contributed by atoms with E-state index in [1.807, 2.05) is 0 Å². The van der Waals surface area contributed by atoms with Crippen LogP contribution in [0.4, 0.5) is 32.0 Å². The van der Waals surface area contributed by atoms with E-state index in [0.717, 1.165) is 38.2 Å². The minimum atomic E-state index is -4.80. The topological polar surface area (TPSA) is 64.4 Å². The van der Waals surface area contributed by atoms with Crippen LogP contribution in [-0.4, -0.2) is 18.2 Å². The Balaban J connectivity index is 1.72. The molecule has 0 spiro atoms. The normalized spacial score (nSPS) is 14.0. The molecule has 4 rings (SSSR count). The molecule has 2 aromatic carbocycles. The summed E-state index contributed by atoms with van der Waals surface area (Å²) in [4.78, 5) is 12.6. The smallest absolute Gasteiger partial charge is 0.419 e. The maximum atomic E-state index is 13.6. The van der Waals surface area contributed by atoms with Gasteiger partial charge in [0, 0.05) is 22.4 Å². The molecule has 1 aromatic heterocycles. The van der Waals surface area contributed by atoms with Crippen LogP contribution in [0.15, 0.2) is 40.9 Å². The first-order valence-electron chi connectivity index (χ1n) is 10.2. The van der Waals surface area contributed by atoms with Crippen LogP contribution in [0, 0.1) is 0 Å². The quantitative estimate of drug-likeness (QED) is 0.429. The van der Waals surface area contributed by atoms with E-state index in [9.17, 15) is 31.1 Å². The highest BCUT2D eigenvalue weighted by atomic mass is 19.4.